The van der Waals surface area contributed by atoms with E-state index < -0.39 is 21.7 Å². The molecule has 0 radical (unpaired) electrons. The molecule has 0 aromatic heterocycles. The van der Waals surface area contributed by atoms with E-state index >= 15 is 0 Å². The van der Waals surface area contributed by atoms with E-state index in [0.29, 0.717) is 10.6 Å². The van der Waals surface area contributed by atoms with Crippen LogP contribution in [0.2, 0.25) is 5.02 Å². The van der Waals surface area contributed by atoms with Crippen LogP contribution in [0.3, 0.4) is 0 Å². The van der Waals surface area contributed by atoms with E-state index in [1.54, 1.807) is 6.92 Å². The summed E-state index contributed by atoms with van der Waals surface area (Å²) in [6, 6.07) is 13.4. The summed E-state index contributed by atoms with van der Waals surface area (Å²) in [7, 11) is -4.14. The first-order chi connectivity index (χ1) is 13.7. The van der Waals surface area contributed by atoms with Gasteiger partial charge in [0.1, 0.15) is 11.6 Å². The smallest absolute Gasteiger partial charge is 0.262 e. The Morgan fingerprint density at radius 1 is 1.03 bits per heavy atom. The Labute approximate surface area is 172 Å². The number of hydrogen-bond donors (Lipinski definition) is 3. The van der Waals surface area contributed by atoms with Crippen LogP contribution in [-0.4, -0.2) is 19.4 Å². The van der Waals surface area contributed by atoms with Gasteiger partial charge < -0.3 is 10.4 Å². The Bertz CT molecular complexity index is 1200. The molecule has 0 unspecified atom stereocenters. The number of halogens is 2. The number of carbonyl (C=O) groups is 1. The van der Waals surface area contributed by atoms with E-state index in [4.69, 9.17) is 11.6 Å². The number of carbonyl (C=O) groups excluding carboxylic acids is 1. The molecule has 150 valence electrons. The average molecular weight is 435 g/mol. The maximum Gasteiger partial charge on any atom is 0.262 e. The molecule has 3 aromatic rings. The van der Waals surface area contributed by atoms with E-state index in [1.807, 2.05) is 0 Å². The number of aromatic hydroxyl groups is 1. The van der Waals surface area contributed by atoms with Crippen molar-refractivity contribution in [2.75, 3.05) is 10.0 Å². The number of sulfonamides is 1. The van der Waals surface area contributed by atoms with Crippen LogP contribution in [0.1, 0.15) is 15.9 Å². The zero-order valence-electron chi connectivity index (χ0n) is 15.1. The van der Waals surface area contributed by atoms with Gasteiger partial charge in [0.15, 0.2) is 0 Å². The summed E-state index contributed by atoms with van der Waals surface area (Å²) in [6.07, 6.45) is 0. The Morgan fingerprint density at radius 3 is 2.48 bits per heavy atom. The maximum atomic E-state index is 13.8. The second kappa shape index (κ2) is 8.10. The molecule has 3 N–H and O–H groups in total. The van der Waals surface area contributed by atoms with Crippen LogP contribution in [0, 0.1) is 12.7 Å². The zero-order valence-corrected chi connectivity index (χ0v) is 16.7. The van der Waals surface area contributed by atoms with Gasteiger partial charge in [0.2, 0.25) is 0 Å². The second-order valence-electron chi connectivity index (χ2n) is 6.18. The van der Waals surface area contributed by atoms with Crippen LogP contribution >= 0.6 is 11.6 Å². The molecule has 3 rings (SSSR count). The molecule has 3 aromatic carbocycles. The fraction of sp³-hybridized carbons (Fsp3) is 0.0500. The van der Waals surface area contributed by atoms with Crippen LogP contribution in [0.25, 0.3) is 0 Å². The van der Waals surface area contributed by atoms with Crippen molar-refractivity contribution in [3.63, 3.8) is 0 Å². The van der Waals surface area contributed by atoms with Gasteiger partial charge in [0, 0.05) is 10.6 Å². The van der Waals surface area contributed by atoms with Crippen LogP contribution in [0.5, 0.6) is 5.75 Å². The molecule has 0 heterocycles. The summed E-state index contributed by atoms with van der Waals surface area (Å²) in [5.74, 6) is -1.55. The lowest BCUT2D eigenvalue weighted by molar-refractivity contribution is 0.102. The number of phenolic OH excluding ortho intramolecular Hbond substituents is 1. The molecule has 0 aliphatic carbocycles. The highest BCUT2D eigenvalue weighted by Crippen LogP contribution is 2.28. The van der Waals surface area contributed by atoms with Crippen molar-refractivity contribution in [3.05, 3.63) is 82.6 Å². The van der Waals surface area contributed by atoms with Gasteiger partial charge in [-0.15, -0.1) is 0 Å². The van der Waals surface area contributed by atoms with Gasteiger partial charge >= 0.3 is 0 Å². The van der Waals surface area contributed by atoms with E-state index in [1.165, 1.54) is 54.6 Å². The third kappa shape index (κ3) is 4.67. The lowest BCUT2D eigenvalue weighted by Gasteiger charge is -2.13. The first-order valence-electron chi connectivity index (χ1n) is 8.35. The monoisotopic (exact) mass is 434 g/mol. The SMILES string of the molecule is Cc1ccc(S(=O)(=O)Nc2ccccc2F)cc1C(=O)Nc1cc(Cl)ccc1O. The standard InChI is InChI=1S/C20H16ClFN2O4S/c1-12-6-8-14(29(27,28)24-17-5-3-2-4-16(17)22)11-15(12)20(26)23-18-10-13(21)7-9-19(18)25/h2-11,24-25H,1H3,(H,23,26). The Balaban J connectivity index is 1.92. The highest BCUT2D eigenvalue weighted by Gasteiger charge is 2.20. The normalized spacial score (nSPS) is 11.1. The van der Waals surface area contributed by atoms with Crippen LogP contribution in [0.4, 0.5) is 15.8 Å². The van der Waals surface area contributed by atoms with Gasteiger partial charge in [-0.25, -0.2) is 12.8 Å². The fourth-order valence-corrected chi connectivity index (χ4v) is 3.82. The van der Waals surface area contributed by atoms with E-state index in [9.17, 15) is 22.7 Å². The number of anilines is 2. The number of benzene rings is 3. The molecule has 6 nitrogen and oxygen atoms in total. The van der Waals surface area contributed by atoms with Gasteiger partial charge in [-0.05, 0) is 55.0 Å². The molecular formula is C20H16ClFN2O4S. The first-order valence-corrected chi connectivity index (χ1v) is 10.2. The number of aryl methyl sites for hydroxylation is 1. The third-order valence-electron chi connectivity index (χ3n) is 4.09. The van der Waals surface area contributed by atoms with Crippen molar-refractivity contribution in [2.45, 2.75) is 11.8 Å². The van der Waals surface area contributed by atoms with Gasteiger partial charge in [-0.2, -0.15) is 0 Å². The Kier molecular flexibility index (Phi) is 5.76. The largest absolute Gasteiger partial charge is 0.506 e. The summed E-state index contributed by atoms with van der Waals surface area (Å²) in [5.41, 5.74) is 0.456. The molecule has 0 bridgehead atoms. The number of amides is 1. The molecule has 0 aliphatic heterocycles. The van der Waals surface area contributed by atoms with Gasteiger partial charge in [0.05, 0.1) is 16.3 Å². The highest BCUT2D eigenvalue weighted by molar-refractivity contribution is 7.92. The number of para-hydroxylation sites is 1. The van der Waals surface area contributed by atoms with Crippen molar-refractivity contribution in [1.29, 1.82) is 0 Å². The molecule has 0 atom stereocenters. The van der Waals surface area contributed by atoms with Crippen LogP contribution in [-0.2, 0) is 10.0 Å². The predicted molar refractivity (Wildman–Crippen MR) is 109 cm³/mol. The minimum Gasteiger partial charge on any atom is -0.506 e. The fourth-order valence-electron chi connectivity index (χ4n) is 2.56. The zero-order chi connectivity index (χ0) is 21.2. The lowest BCUT2D eigenvalue weighted by atomic mass is 10.1. The molecule has 1 amide bonds. The lowest BCUT2D eigenvalue weighted by Crippen LogP contribution is -2.17. The van der Waals surface area contributed by atoms with Crippen molar-refractivity contribution < 1.29 is 22.7 Å². The van der Waals surface area contributed by atoms with Gasteiger partial charge in [-0.3, -0.25) is 9.52 Å². The molecule has 0 saturated carbocycles. The van der Waals surface area contributed by atoms with E-state index in [2.05, 4.69) is 10.0 Å². The van der Waals surface area contributed by atoms with E-state index in [-0.39, 0.29) is 27.6 Å². The molecule has 29 heavy (non-hydrogen) atoms. The molecule has 0 spiro atoms. The van der Waals surface area contributed by atoms with Crippen molar-refractivity contribution in [3.8, 4) is 5.75 Å². The summed E-state index contributed by atoms with van der Waals surface area (Å²) >= 11 is 5.87. The summed E-state index contributed by atoms with van der Waals surface area (Å²) in [6.45, 7) is 1.63. The highest BCUT2D eigenvalue weighted by atomic mass is 35.5. The molecular weight excluding hydrogens is 419 g/mol. The number of rotatable bonds is 5. The second-order valence-corrected chi connectivity index (χ2v) is 8.30. The summed E-state index contributed by atoms with van der Waals surface area (Å²) in [4.78, 5) is 12.4. The average Bonchev–Trinajstić information content (AvgIpc) is 2.66. The molecule has 9 heteroatoms. The maximum absolute atomic E-state index is 13.8. The summed E-state index contributed by atoms with van der Waals surface area (Å²) in [5, 5.41) is 12.7. The van der Waals surface area contributed by atoms with E-state index in [0.717, 1.165) is 6.07 Å². The number of nitrogens with one attached hydrogen (secondary N) is 2. The molecule has 0 fully saturated rings. The molecule has 0 aliphatic rings. The molecule has 0 saturated heterocycles. The topological polar surface area (TPSA) is 95.5 Å². The number of hydrogen-bond acceptors (Lipinski definition) is 4. The van der Waals surface area contributed by atoms with Crippen molar-refractivity contribution in [2.24, 2.45) is 0 Å². The van der Waals surface area contributed by atoms with Crippen LogP contribution in [0.15, 0.2) is 65.6 Å². The van der Waals surface area contributed by atoms with Crippen LogP contribution < -0.4 is 10.0 Å². The predicted octanol–water partition coefficient (Wildman–Crippen LogP) is 4.55. The Morgan fingerprint density at radius 2 is 1.76 bits per heavy atom. The quantitative estimate of drug-likeness (QED) is 0.513. The van der Waals surface area contributed by atoms with Gasteiger partial charge in [-0.1, -0.05) is 29.8 Å². The minimum absolute atomic E-state index is 0.0702. The first kappa shape index (κ1) is 20.6. The summed E-state index contributed by atoms with van der Waals surface area (Å²) < 4.78 is 41.2. The van der Waals surface area contributed by atoms with Crippen molar-refractivity contribution >= 4 is 38.9 Å². The number of phenols is 1. The van der Waals surface area contributed by atoms with Gasteiger partial charge in [0.25, 0.3) is 15.9 Å². The third-order valence-corrected chi connectivity index (χ3v) is 5.69. The van der Waals surface area contributed by atoms with Crippen molar-refractivity contribution in [1.82, 2.24) is 0 Å². The Hall–Kier alpha value is -3.10. The minimum atomic E-state index is -4.14.